The molecule has 6 heteroatoms. The number of aromatic nitrogens is 2. The number of carboxylic acid groups (broad SMARTS) is 1. The van der Waals surface area contributed by atoms with Crippen LogP contribution >= 0.6 is 27.5 Å². The van der Waals surface area contributed by atoms with Gasteiger partial charge < -0.3 is 5.11 Å². The van der Waals surface area contributed by atoms with Crippen LogP contribution in [-0.2, 0) is 0 Å². The topological polar surface area (TPSA) is 66.0 Å². The third kappa shape index (κ3) is 2.20. The number of hydrogen-bond donors (Lipinski definition) is 2. The molecular formula is C10H10BrClN2O2. The van der Waals surface area contributed by atoms with Crippen molar-refractivity contribution in [3.63, 3.8) is 0 Å². The van der Waals surface area contributed by atoms with Crippen molar-refractivity contribution >= 4 is 44.4 Å². The molecule has 16 heavy (non-hydrogen) atoms. The lowest BCUT2D eigenvalue weighted by Crippen LogP contribution is -1.96. The van der Waals surface area contributed by atoms with Crippen molar-refractivity contribution < 1.29 is 9.90 Å². The lowest BCUT2D eigenvalue weighted by Gasteiger charge is -1.95. The Hall–Kier alpha value is -1.07. The largest absolute Gasteiger partial charge is 0.477 e. The first-order chi connectivity index (χ1) is 7.61. The maximum Gasteiger partial charge on any atom is 0.354 e. The first-order valence-corrected chi connectivity index (χ1v) is 5.83. The third-order valence-electron chi connectivity index (χ3n) is 1.83. The standard InChI is InChI=1S/C8H4BrClN2O2.C2H6/c9-4-2-1-3-6(5(4)10)11-12-7(3)8(13)14;1-2/h1-2H,(H,11,12)(H,13,14);1-2H3. The normalized spacial score (nSPS) is 9.75. The van der Waals surface area contributed by atoms with E-state index in [2.05, 4.69) is 26.1 Å². The fourth-order valence-corrected chi connectivity index (χ4v) is 1.71. The minimum absolute atomic E-state index is 0.0504. The molecule has 2 aromatic rings. The Bertz CT molecular complexity index is 525. The molecule has 0 radical (unpaired) electrons. The first kappa shape index (κ1) is 13.0. The molecule has 0 aliphatic heterocycles. The zero-order valence-corrected chi connectivity index (χ0v) is 11.1. The van der Waals surface area contributed by atoms with E-state index >= 15 is 0 Å². The van der Waals surface area contributed by atoms with Gasteiger partial charge in [-0.2, -0.15) is 5.10 Å². The van der Waals surface area contributed by atoms with Crippen LogP contribution in [0.3, 0.4) is 0 Å². The summed E-state index contributed by atoms with van der Waals surface area (Å²) >= 11 is 9.15. The molecule has 0 aliphatic carbocycles. The second kappa shape index (κ2) is 5.32. The number of benzene rings is 1. The average Bonchev–Trinajstić information content (AvgIpc) is 2.71. The van der Waals surface area contributed by atoms with Gasteiger partial charge in [0, 0.05) is 9.86 Å². The number of hydrogen-bond acceptors (Lipinski definition) is 2. The van der Waals surface area contributed by atoms with Crippen molar-refractivity contribution in [1.29, 1.82) is 0 Å². The van der Waals surface area contributed by atoms with E-state index in [0.717, 1.165) is 0 Å². The Morgan fingerprint density at radius 1 is 1.50 bits per heavy atom. The highest BCUT2D eigenvalue weighted by Crippen LogP contribution is 2.30. The number of nitrogens with zero attached hydrogens (tertiary/aromatic N) is 1. The molecule has 4 nitrogen and oxygen atoms in total. The van der Waals surface area contributed by atoms with E-state index in [9.17, 15) is 4.79 Å². The Labute approximate surface area is 106 Å². The van der Waals surface area contributed by atoms with Crippen LogP contribution in [0.1, 0.15) is 24.3 Å². The van der Waals surface area contributed by atoms with Gasteiger partial charge in [-0.25, -0.2) is 4.79 Å². The predicted molar refractivity (Wildman–Crippen MR) is 67.1 cm³/mol. The zero-order valence-electron chi connectivity index (χ0n) is 8.71. The van der Waals surface area contributed by atoms with Crippen LogP contribution in [0, 0.1) is 0 Å². The third-order valence-corrected chi connectivity index (χ3v) is 3.10. The van der Waals surface area contributed by atoms with E-state index in [1.165, 1.54) is 0 Å². The summed E-state index contributed by atoms with van der Waals surface area (Å²) in [6.07, 6.45) is 0. The van der Waals surface area contributed by atoms with Crippen LogP contribution < -0.4 is 0 Å². The maximum absolute atomic E-state index is 10.7. The van der Waals surface area contributed by atoms with Crippen molar-refractivity contribution in [2.75, 3.05) is 0 Å². The minimum Gasteiger partial charge on any atom is -0.477 e. The molecule has 0 unspecified atom stereocenters. The molecule has 0 bridgehead atoms. The first-order valence-electron chi connectivity index (χ1n) is 4.66. The van der Waals surface area contributed by atoms with Crippen LogP contribution in [0.25, 0.3) is 10.9 Å². The molecule has 0 amide bonds. The Morgan fingerprint density at radius 2 is 2.12 bits per heavy atom. The molecule has 2 rings (SSSR count). The van der Waals surface area contributed by atoms with Crippen LogP contribution in [-0.4, -0.2) is 21.3 Å². The highest BCUT2D eigenvalue weighted by atomic mass is 79.9. The van der Waals surface area contributed by atoms with Crippen molar-refractivity contribution in [3.8, 4) is 0 Å². The summed E-state index contributed by atoms with van der Waals surface area (Å²) in [5, 5.41) is 16.0. The molecule has 1 heterocycles. The van der Waals surface area contributed by atoms with Gasteiger partial charge in [-0.3, -0.25) is 5.10 Å². The SMILES string of the molecule is CC.O=C(O)c1[nH]nc2c(Cl)c(Br)ccc12. The number of H-pyrrole nitrogens is 1. The summed E-state index contributed by atoms with van der Waals surface area (Å²) in [5.41, 5.74) is 0.507. The van der Waals surface area contributed by atoms with Crippen molar-refractivity contribution in [2.45, 2.75) is 13.8 Å². The number of fused-ring (bicyclic) bond motifs is 1. The molecule has 2 N–H and O–H groups in total. The van der Waals surface area contributed by atoms with Crippen molar-refractivity contribution in [1.82, 2.24) is 10.2 Å². The summed E-state index contributed by atoms with van der Waals surface area (Å²) in [6, 6.07) is 3.34. The van der Waals surface area contributed by atoms with Crippen LogP contribution in [0.5, 0.6) is 0 Å². The van der Waals surface area contributed by atoms with E-state index < -0.39 is 5.97 Å². The molecule has 0 fully saturated rings. The van der Waals surface area contributed by atoms with E-state index in [4.69, 9.17) is 16.7 Å². The van der Waals surface area contributed by atoms with Gasteiger partial charge in [0.1, 0.15) is 5.52 Å². The quantitative estimate of drug-likeness (QED) is 0.844. The summed E-state index contributed by atoms with van der Waals surface area (Å²) in [4.78, 5) is 10.7. The van der Waals surface area contributed by atoms with Gasteiger partial charge in [-0.15, -0.1) is 0 Å². The lowest BCUT2D eigenvalue weighted by molar-refractivity contribution is 0.0692. The second-order valence-corrected chi connectivity index (χ2v) is 3.89. The van der Waals surface area contributed by atoms with E-state index in [0.29, 0.717) is 20.4 Å². The van der Waals surface area contributed by atoms with Gasteiger partial charge in [-0.05, 0) is 28.1 Å². The Balaban J connectivity index is 0.000000606. The molecule has 0 saturated heterocycles. The molecule has 1 aromatic heterocycles. The van der Waals surface area contributed by atoms with Crippen molar-refractivity contribution in [2.24, 2.45) is 0 Å². The molecule has 86 valence electrons. The van der Waals surface area contributed by atoms with E-state index in [1.807, 2.05) is 13.8 Å². The fourth-order valence-electron chi connectivity index (χ4n) is 1.19. The predicted octanol–water partition coefficient (Wildman–Crippen LogP) is 3.70. The summed E-state index contributed by atoms with van der Waals surface area (Å²) in [6.45, 7) is 4.00. The Morgan fingerprint density at radius 3 is 2.69 bits per heavy atom. The van der Waals surface area contributed by atoms with Gasteiger partial charge in [0.25, 0.3) is 0 Å². The number of aromatic carboxylic acids is 1. The smallest absolute Gasteiger partial charge is 0.354 e. The van der Waals surface area contributed by atoms with Gasteiger partial charge in [-0.1, -0.05) is 25.4 Å². The highest BCUT2D eigenvalue weighted by Gasteiger charge is 2.14. The Kier molecular flexibility index (Phi) is 4.32. The minimum atomic E-state index is -1.05. The molecule has 0 saturated carbocycles. The highest BCUT2D eigenvalue weighted by molar-refractivity contribution is 9.10. The number of nitrogens with one attached hydrogen (secondary N) is 1. The maximum atomic E-state index is 10.7. The molecular weight excluding hydrogens is 295 g/mol. The number of rotatable bonds is 1. The molecule has 1 aromatic carbocycles. The fraction of sp³-hybridized carbons (Fsp3) is 0.200. The number of halogens is 2. The van der Waals surface area contributed by atoms with Gasteiger partial charge >= 0.3 is 5.97 Å². The molecule has 0 atom stereocenters. The van der Waals surface area contributed by atoms with Crippen LogP contribution in [0.4, 0.5) is 0 Å². The summed E-state index contributed by atoms with van der Waals surface area (Å²) in [5.74, 6) is -1.05. The average molecular weight is 306 g/mol. The summed E-state index contributed by atoms with van der Waals surface area (Å²) < 4.78 is 0.690. The lowest BCUT2D eigenvalue weighted by atomic mass is 10.2. The number of carbonyl (C=O) groups is 1. The second-order valence-electron chi connectivity index (χ2n) is 2.66. The molecule has 0 aliphatic rings. The zero-order chi connectivity index (χ0) is 12.3. The van der Waals surface area contributed by atoms with E-state index in [-0.39, 0.29) is 5.69 Å². The summed E-state index contributed by atoms with van der Waals surface area (Å²) in [7, 11) is 0. The van der Waals surface area contributed by atoms with Gasteiger partial charge in [0.15, 0.2) is 5.69 Å². The number of carboxylic acids is 1. The van der Waals surface area contributed by atoms with Crippen molar-refractivity contribution in [3.05, 3.63) is 27.3 Å². The van der Waals surface area contributed by atoms with Crippen LogP contribution in [0.15, 0.2) is 16.6 Å². The molecule has 0 spiro atoms. The van der Waals surface area contributed by atoms with Gasteiger partial charge in [0.2, 0.25) is 0 Å². The van der Waals surface area contributed by atoms with Gasteiger partial charge in [0.05, 0.1) is 5.02 Å². The monoisotopic (exact) mass is 304 g/mol. The van der Waals surface area contributed by atoms with E-state index in [1.54, 1.807) is 12.1 Å². The number of aromatic amines is 1. The van der Waals surface area contributed by atoms with Crippen LogP contribution in [0.2, 0.25) is 5.02 Å².